The number of benzene rings is 3. The molecular formula is C27H31N3O3. The van der Waals surface area contributed by atoms with Crippen LogP contribution < -0.4 is 19.7 Å². The average Bonchev–Trinajstić information content (AvgIpc) is 2.88. The first kappa shape index (κ1) is 22.7. The van der Waals surface area contributed by atoms with E-state index in [4.69, 9.17) is 9.47 Å². The van der Waals surface area contributed by atoms with Crippen LogP contribution in [0.3, 0.4) is 0 Å². The van der Waals surface area contributed by atoms with E-state index in [1.54, 1.807) is 13.2 Å². The molecule has 1 fully saturated rings. The molecule has 3 aromatic rings. The third kappa shape index (κ3) is 6.26. The maximum absolute atomic E-state index is 12.4. The van der Waals surface area contributed by atoms with Crippen molar-refractivity contribution in [1.29, 1.82) is 0 Å². The highest BCUT2D eigenvalue weighted by Gasteiger charge is 2.18. The van der Waals surface area contributed by atoms with Crippen molar-refractivity contribution in [2.24, 2.45) is 0 Å². The Balaban J connectivity index is 1.27. The molecule has 1 heterocycles. The number of nitrogens with one attached hydrogen (secondary N) is 1. The Labute approximate surface area is 195 Å². The summed E-state index contributed by atoms with van der Waals surface area (Å²) in [4.78, 5) is 17.3. The van der Waals surface area contributed by atoms with E-state index in [0.717, 1.165) is 38.3 Å². The van der Waals surface area contributed by atoms with Crippen LogP contribution in [-0.4, -0.2) is 50.7 Å². The number of nitrogens with zero attached hydrogens (tertiary/aromatic N) is 2. The van der Waals surface area contributed by atoms with Crippen LogP contribution in [0, 0.1) is 0 Å². The first-order valence-electron chi connectivity index (χ1n) is 11.3. The van der Waals surface area contributed by atoms with E-state index in [9.17, 15) is 4.79 Å². The first-order valence-corrected chi connectivity index (χ1v) is 11.3. The second-order valence-corrected chi connectivity index (χ2v) is 8.08. The molecule has 0 radical (unpaired) electrons. The summed E-state index contributed by atoms with van der Waals surface area (Å²) in [5.74, 6) is 1.01. The Morgan fingerprint density at radius 2 is 1.45 bits per heavy atom. The number of hydrogen-bond acceptors (Lipinski definition) is 5. The van der Waals surface area contributed by atoms with Crippen LogP contribution in [0.5, 0.6) is 11.5 Å². The number of hydrogen-bond donors (Lipinski definition) is 1. The number of para-hydroxylation sites is 3. The van der Waals surface area contributed by atoms with Gasteiger partial charge in [-0.15, -0.1) is 0 Å². The molecule has 172 valence electrons. The lowest BCUT2D eigenvalue weighted by atomic mass is 10.1. The zero-order valence-corrected chi connectivity index (χ0v) is 19.1. The molecule has 0 bridgehead atoms. The highest BCUT2D eigenvalue weighted by atomic mass is 16.5. The van der Waals surface area contributed by atoms with Crippen molar-refractivity contribution in [3.05, 3.63) is 90.0 Å². The second-order valence-electron chi connectivity index (χ2n) is 8.08. The van der Waals surface area contributed by atoms with Crippen LogP contribution in [0.25, 0.3) is 0 Å². The Hall–Kier alpha value is -3.51. The molecule has 0 unspecified atom stereocenters. The van der Waals surface area contributed by atoms with Gasteiger partial charge in [0.15, 0.2) is 18.1 Å². The smallest absolute Gasteiger partial charge is 0.258 e. The quantitative estimate of drug-likeness (QED) is 0.544. The first-order chi connectivity index (χ1) is 16.2. The van der Waals surface area contributed by atoms with Gasteiger partial charge in [0.2, 0.25) is 0 Å². The summed E-state index contributed by atoms with van der Waals surface area (Å²) < 4.78 is 10.9. The lowest BCUT2D eigenvalue weighted by Gasteiger charge is -2.36. The van der Waals surface area contributed by atoms with Gasteiger partial charge < -0.3 is 19.7 Å². The largest absolute Gasteiger partial charge is 0.493 e. The van der Waals surface area contributed by atoms with Gasteiger partial charge in [-0.2, -0.15) is 0 Å². The standard InChI is InChI=1S/C27H31N3O3/c1-32-25-13-7-8-14-26(25)33-21-27(31)28-19-22-9-5-6-10-23(22)20-29-15-17-30(18-16-29)24-11-3-2-4-12-24/h2-14H,15-21H2,1H3,(H,28,31). The van der Waals surface area contributed by atoms with Gasteiger partial charge in [0.05, 0.1) is 7.11 Å². The van der Waals surface area contributed by atoms with Crippen LogP contribution in [0.15, 0.2) is 78.9 Å². The van der Waals surface area contributed by atoms with Gasteiger partial charge in [-0.1, -0.05) is 54.6 Å². The van der Waals surface area contributed by atoms with Gasteiger partial charge >= 0.3 is 0 Å². The molecule has 33 heavy (non-hydrogen) atoms. The summed E-state index contributed by atoms with van der Waals surface area (Å²) in [5.41, 5.74) is 3.67. The number of carbonyl (C=O) groups is 1. The Kier molecular flexibility index (Phi) is 7.82. The number of carbonyl (C=O) groups excluding carboxylic acids is 1. The molecule has 1 aliphatic rings. The maximum atomic E-state index is 12.4. The number of amides is 1. The zero-order valence-electron chi connectivity index (χ0n) is 19.1. The van der Waals surface area contributed by atoms with E-state index in [2.05, 4.69) is 63.6 Å². The van der Waals surface area contributed by atoms with Crippen molar-refractivity contribution in [3.63, 3.8) is 0 Å². The van der Waals surface area contributed by atoms with Gasteiger partial charge in [-0.3, -0.25) is 9.69 Å². The molecule has 0 aliphatic carbocycles. The summed E-state index contributed by atoms with van der Waals surface area (Å²) in [6.07, 6.45) is 0. The van der Waals surface area contributed by atoms with Crippen molar-refractivity contribution < 1.29 is 14.3 Å². The normalized spacial score (nSPS) is 14.0. The molecule has 6 heteroatoms. The predicted molar refractivity (Wildman–Crippen MR) is 131 cm³/mol. The summed E-state index contributed by atoms with van der Waals surface area (Å²) in [5, 5.41) is 2.98. The number of rotatable bonds is 9. The van der Waals surface area contributed by atoms with Crippen LogP contribution in [-0.2, 0) is 17.9 Å². The summed E-state index contributed by atoms with van der Waals surface area (Å²) in [6.45, 7) is 5.38. The van der Waals surface area contributed by atoms with Gasteiger partial charge in [-0.25, -0.2) is 0 Å². The molecule has 0 saturated carbocycles. The SMILES string of the molecule is COc1ccccc1OCC(=O)NCc1ccccc1CN1CCN(c2ccccc2)CC1. The highest BCUT2D eigenvalue weighted by molar-refractivity contribution is 5.77. The molecule has 0 aromatic heterocycles. The third-order valence-corrected chi connectivity index (χ3v) is 5.91. The Bertz CT molecular complexity index is 1030. The van der Waals surface area contributed by atoms with E-state index in [1.807, 2.05) is 24.3 Å². The minimum atomic E-state index is -0.160. The predicted octanol–water partition coefficient (Wildman–Crippen LogP) is 3.71. The van der Waals surface area contributed by atoms with Crippen LogP contribution in [0.1, 0.15) is 11.1 Å². The van der Waals surface area contributed by atoms with E-state index in [-0.39, 0.29) is 12.5 Å². The molecule has 3 aromatic carbocycles. The average molecular weight is 446 g/mol. The number of anilines is 1. The van der Waals surface area contributed by atoms with Gasteiger partial charge in [0.1, 0.15) is 0 Å². The zero-order chi connectivity index (χ0) is 22.9. The van der Waals surface area contributed by atoms with E-state index in [0.29, 0.717) is 18.0 Å². The van der Waals surface area contributed by atoms with Crippen LogP contribution >= 0.6 is 0 Å². The molecule has 6 nitrogen and oxygen atoms in total. The number of piperazine rings is 1. The van der Waals surface area contributed by atoms with E-state index in [1.165, 1.54) is 11.3 Å². The number of ether oxygens (including phenoxy) is 2. The molecular weight excluding hydrogens is 414 g/mol. The fourth-order valence-electron chi connectivity index (χ4n) is 4.05. The monoisotopic (exact) mass is 445 g/mol. The van der Waals surface area contributed by atoms with Crippen molar-refractivity contribution in [2.75, 3.05) is 44.8 Å². The summed E-state index contributed by atoms with van der Waals surface area (Å²) in [6, 6.07) is 26.2. The fraction of sp³-hybridized carbons (Fsp3) is 0.296. The molecule has 4 rings (SSSR count). The van der Waals surface area contributed by atoms with Gasteiger partial charge in [-0.05, 0) is 35.4 Å². The third-order valence-electron chi connectivity index (χ3n) is 5.91. The van der Waals surface area contributed by atoms with E-state index < -0.39 is 0 Å². The Morgan fingerprint density at radius 3 is 2.18 bits per heavy atom. The second kappa shape index (κ2) is 11.4. The molecule has 0 spiro atoms. The molecule has 0 atom stereocenters. The van der Waals surface area contributed by atoms with Crippen molar-refractivity contribution >= 4 is 11.6 Å². The maximum Gasteiger partial charge on any atom is 0.258 e. The van der Waals surface area contributed by atoms with Gasteiger partial charge in [0, 0.05) is 45.0 Å². The molecule has 1 N–H and O–H groups in total. The lowest BCUT2D eigenvalue weighted by molar-refractivity contribution is -0.123. The topological polar surface area (TPSA) is 54.0 Å². The molecule has 1 amide bonds. The van der Waals surface area contributed by atoms with Crippen molar-refractivity contribution in [3.8, 4) is 11.5 Å². The van der Waals surface area contributed by atoms with Crippen LogP contribution in [0.4, 0.5) is 5.69 Å². The van der Waals surface area contributed by atoms with Crippen molar-refractivity contribution in [1.82, 2.24) is 10.2 Å². The summed E-state index contributed by atoms with van der Waals surface area (Å²) in [7, 11) is 1.58. The van der Waals surface area contributed by atoms with E-state index >= 15 is 0 Å². The Morgan fingerprint density at radius 1 is 0.818 bits per heavy atom. The van der Waals surface area contributed by atoms with Gasteiger partial charge in [0.25, 0.3) is 5.91 Å². The molecule has 1 saturated heterocycles. The number of methoxy groups -OCH3 is 1. The fourth-order valence-corrected chi connectivity index (χ4v) is 4.05. The summed E-state index contributed by atoms with van der Waals surface area (Å²) >= 11 is 0. The molecule has 1 aliphatic heterocycles. The highest BCUT2D eigenvalue weighted by Crippen LogP contribution is 2.25. The lowest BCUT2D eigenvalue weighted by Crippen LogP contribution is -2.46. The minimum absolute atomic E-state index is 0.0516. The minimum Gasteiger partial charge on any atom is -0.493 e. The van der Waals surface area contributed by atoms with Crippen molar-refractivity contribution in [2.45, 2.75) is 13.1 Å². The van der Waals surface area contributed by atoms with Crippen LogP contribution in [0.2, 0.25) is 0 Å².